The van der Waals surface area contributed by atoms with E-state index in [0.29, 0.717) is 35.3 Å². The SMILES string of the molecule is COc1ccc(CNC(=O)Cn2c(=O)cc(-c3nc(C4CC4)no3)c3ccccc32)cc1. The number of nitrogens with one attached hydrogen (secondary N) is 1. The number of carbonyl (C=O) groups excluding carboxylic acids is 1. The molecule has 162 valence electrons. The number of fused-ring (bicyclic) bond motifs is 1. The number of hydrogen-bond acceptors (Lipinski definition) is 6. The molecule has 8 nitrogen and oxygen atoms in total. The van der Waals surface area contributed by atoms with Crippen LogP contribution in [0.2, 0.25) is 0 Å². The summed E-state index contributed by atoms with van der Waals surface area (Å²) in [6.45, 7) is 0.270. The summed E-state index contributed by atoms with van der Waals surface area (Å²) in [5.74, 6) is 1.87. The first-order valence-corrected chi connectivity index (χ1v) is 10.5. The van der Waals surface area contributed by atoms with Gasteiger partial charge in [0.25, 0.3) is 11.4 Å². The van der Waals surface area contributed by atoms with Crippen LogP contribution >= 0.6 is 0 Å². The van der Waals surface area contributed by atoms with Crippen molar-refractivity contribution in [2.75, 3.05) is 7.11 Å². The first-order valence-electron chi connectivity index (χ1n) is 10.5. The van der Waals surface area contributed by atoms with E-state index in [1.807, 2.05) is 48.5 Å². The molecule has 0 unspecified atom stereocenters. The quantitative estimate of drug-likeness (QED) is 0.483. The van der Waals surface area contributed by atoms with Crippen LogP contribution in [0, 0.1) is 0 Å². The molecule has 1 N–H and O–H groups in total. The summed E-state index contributed by atoms with van der Waals surface area (Å²) in [6, 6.07) is 16.3. The molecule has 1 fully saturated rings. The molecular formula is C24H22N4O4. The molecule has 0 atom stereocenters. The maximum absolute atomic E-state index is 12.9. The average molecular weight is 430 g/mol. The lowest BCUT2D eigenvalue weighted by Gasteiger charge is -2.12. The van der Waals surface area contributed by atoms with E-state index in [9.17, 15) is 9.59 Å². The summed E-state index contributed by atoms with van der Waals surface area (Å²) < 4.78 is 12.0. The van der Waals surface area contributed by atoms with E-state index in [1.54, 1.807) is 7.11 Å². The molecule has 2 aromatic carbocycles. The van der Waals surface area contributed by atoms with Crippen LogP contribution in [-0.2, 0) is 17.9 Å². The molecule has 0 spiro atoms. The number of carbonyl (C=O) groups is 1. The topological polar surface area (TPSA) is 99.2 Å². The molecule has 0 aliphatic heterocycles. The maximum atomic E-state index is 12.9. The zero-order valence-corrected chi connectivity index (χ0v) is 17.6. The Morgan fingerprint density at radius 3 is 2.72 bits per heavy atom. The summed E-state index contributed by atoms with van der Waals surface area (Å²) in [7, 11) is 1.61. The molecule has 0 saturated heterocycles. The van der Waals surface area contributed by atoms with Crippen LogP contribution in [0.1, 0.15) is 30.1 Å². The molecule has 1 amide bonds. The number of benzene rings is 2. The zero-order chi connectivity index (χ0) is 22.1. The highest BCUT2D eigenvalue weighted by Gasteiger charge is 2.29. The average Bonchev–Trinajstić information content (AvgIpc) is 3.56. The van der Waals surface area contributed by atoms with Crippen LogP contribution < -0.4 is 15.6 Å². The number of rotatable bonds is 7. The smallest absolute Gasteiger partial charge is 0.258 e. The van der Waals surface area contributed by atoms with Gasteiger partial charge in [0.2, 0.25) is 5.91 Å². The summed E-state index contributed by atoms with van der Waals surface area (Å²) in [6.07, 6.45) is 2.12. The van der Waals surface area contributed by atoms with Gasteiger partial charge in [-0.15, -0.1) is 0 Å². The number of methoxy groups -OCH3 is 1. The number of hydrogen-bond donors (Lipinski definition) is 1. The van der Waals surface area contributed by atoms with Crippen molar-refractivity contribution in [1.29, 1.82) is 0 Å². The third-order valence-corrected chi connectivity index (χ3v) is 5.58. The number of nitrogens with zero attached hydrogens (tertiary/aromatic N) is 3. The van der Waals surface area contributed by atoms with Gasteiger partial charge >= 0.3 is 0 Å². The fraction of sp³-hybridized carbons (Fsp3) is 0.250. The minimum absolute atomic E-state index is 0.0903. The molecule has 1 aliphatic rings. The Labute approximate surface area is 183 Å². The minimum atomic E-state index is -0.301. The Morgan fingerprint density at radius 1 is 1.19 bits per heavy atom. The highest BCUT2D eigenvalue weighted by Crippen LogP contribution is 2.39. The van der Waals surface area contributed by atoms with Gasteiger partial charge in [0.15, 0.2) is 5.82 Å². The van der Waals surface area contributed by atoms with Crippen molar-refractivity contribution in [2.24, 2.45) is 0 Å². The highest BCUT2D eigenvalue weighted by atomic mass is 16.5. The second-order valence-electron chi connectivity index (χ2n) is 7.86. The van der Waals surface area contributed by atoms with Crippen molar-refractivity contribution >= 4 is 16.8 Å². The van der Waals surface area contributed by atoms with E-state index in [1.165, 1.54) is 10.6 Å². The molecule has 1 saturated carbocycles. The fourth-order valence-electron chi connectivity index (χ4n) is 3.67. The predicted octanol–water partition coefficient (Wildman–Crippen LogP) is 3.25. The number of aromatic nitrogens is 3. The normalized spacial score (nSPS) is 13.3. The number of pyridine rings is 1. The van der Waals surface area contributed by atoms with E-state index in [2.05, 4.69) is 15.5 Å². The van der Waals surface area contributed by atoms with E-state index < -0.39 is 0 Å². The highest BCUT2D eigenvalue weighted by molar-refractivity contribution is 5.93. The predicted molar refractivity (Wildman–Crippen MR) is 118 cm³/mol. The first-order chi connectivity index (χ1) is 15.6. The second-order valence-corrected chi connectivity index (χ2v) is 7.86. The molecular weight excluding hydrogens is 408 g/mol. The van der Waals surface area contributed by atoms with E-state index in [4.69, 9.17) is 9.26 Å². The molecule has 4 aromatic rings. The monoisotopic (exact) mass is 430 g/mol. The Balaban J connectivity index is 1.39. The molecule has 2 heterocycles. The van der Waals surface area contributed by atoms with Crippen LogP contribution in [0.25, 0.3) is 22.4 Å². The van der Waals surface area contributed by atoms with Crippen molar-refractivity contribution < 1.29 is 14.1 Å². The summed E-state index contributed by atoms with van der Waals surface area (Å²) >= 11 is 0. The van der Waals surface area contributed by atoms with E-state index >= 15 is 0 Å². The van der Waals surface area contributed by atoms with Crippen LogP contribution in [-0.4, -0.2) is 27.7 Å². The van der Waals surface area contributed by atoms with Gasteiger partial charge in [-0.05, 0) is 36.6 Å². The summed E-state index contributed by atoms with van der Waals surface area (Å²) in [5.41, 5.74) is 1.86. The molecule has 1 aliphatic carbocycles. The molecule has 8 heteroatoms. The third-order valence-electron chi connectivity index (χ3n) is 5.58. The van der Waals surface area contributed by atoms with Gasteiger partial charge in [0.05, 0.1) is 18.2 Å². The third kappa shape index (κ3) is 3.99. The largest absolute Gasteiger partial charge is 0.497 e. The van der Waals surface area contributed by atoms with Gasteiger partial charge < -0.3 is 14.6 Å². The van der Waals surface area contributed by atoms with Gasteiger partial charge in [-0.1, -0.05) is 35.5 Å². The van der Waals surface area contributed by atoms with Crippen molar-refractivity contribution in [2.45, 2.75) is 31.8 Å². The molecule has 2 aromatic heterocycles. The van der Waals surface area contributed by atoms with Crippen molar-refractivity contribution in [1.82, 2.24) is 20.0 Å². The van der Waals surface area contributed by atoms with Crippen molar-refractivity contribution in [3.63, 3.8) is 0 Å². The number of amides is 1. The van der Waals surface area contributed by atoms with E-state index in [0.717, 1.165) is 29.5 Å². The lowest BCUT2D eigenvalue weighted by Crippen LogP contribution is -2.32. The van der Waals surface area contributed by atoms with Gasteiger partial charge in [0, 0.05) is 23.9 Å². The first kappa shape index (κ1) is 20.0. The fourth-order valence-corrected chi connectivity index (χ4v) is 3.67. The summed E-state index contributed by atoms with van der Waals surface area (Å²) in [5, 5.41) is 7.70. The Kier molecular flexibility index (Phi) is 5.18. The lowest BCUT2D eigenvalue weighted by atomic mass is 10.1. The van der Waals surface area contributed by atoms with Crippen LogP contribution in [0.5, 0.6) is 5.75 Å². The Hall–Kier alpha value is -3.94. The van der Waals surface area contributed by atoms with Crippen LogP contribution in [0.4, 0.5) is 0 Å². The molecule has 0 bridgehead atoms. The van der Waals surface area contributed by atoms with Crippen LogP contribution in [0.15, 0.2) is 63.9 Å². The summed E-state index contributed by atoms with van der Waals surface area (Å²) in [4.78, 5) is 30.0. The molecule has 0 radical (unpaired) electrons. The maximum Gasteiger partial charge on any atom is 0.258 e. The van der Waals surface area contributed by atoms with E-state index in [-0.39, 0.29) is 18.0 Å². The Morgan fingerprint density at radius 2 is 1.97 bits per heavy atom. The minimum Gasteiger partial charge on any atom is -0.497 e. The number of ether oxygens (including phenoxy) is 1. The van der Waals surface area contributed by atoms with Crippen molar-refractivity contribution in [3.8, 4) is 17.2 Å². The standard InChI is InChI=1S/C24H22N4O4/c1-31-17-10-6-15(7-11-17)13-25-21(29)14-28-20-5-3-2-4-18(20)19(12-22(28)30)24-26-23(27-32-24)16-8-9-16/h2-7,10-12,16H,8-9,13-14H2,1H3,(H,25,29). The molecule has 5 rings (SSSR count). The van der Waals surface area contributed by atoms with Gasteiger partial charge in [-0.3, -0.25) is 14.2 Å². The Bertz CT molecular complexity index is 1340. The van der Waals surface area contributed by atoms with Gasteiger partial charge in [0.1, 0.15) is 12.3 Å². The van der Waals surface area contributed by atoms with Crippen LogP contribution in [0.3, 0.4) is 0 Å². The zero-order valence-electron chi connectivity index (χ0n) is 17.6. The van der Waals surface area contributed by atoms with Crippen molar-refractivity contribution in [3.05, 3.63) is 76.3 Å². The second kappa shape index (κ2) is 8.30. The molecule has 32 heavy (non-hydrogen) atoms. The van der Waals surface area contributed by atoms with Gasteiger partial charge in [-0.25, -0.2) is 0 Å². The lowest BCUT2D eigenvalue weighted by molar-refractivity contribution is -0.121. The number of para-hydroxylation sites is 1. The van der Waals surface area contributed by atoms with Gasteiger partial charge in [-0.2, -0.15) is 4.98 Å².